The highest BCUT2D eigenvalue weighted by Gasteiger charge is 2.27. The van der Waals surface area contributed by atoms with Gasteiger partial charge in [-0.15, -0.1) is 13.2 Å². The summed E-state index contributed by atoms with van der Waals surface area (Å²) in [5.74, 6) is -2.05. The number of benzene rings is 3. The molecule has 0 bridgehead atoms. The molecule has 4 rings (SSSR count). The minimum absolute atomic E-state index is 0.0277. The number of amides is 2. The van der Waals surface area contributed by atoms with E-state index >= 15 is 0 Å². The number of allylic oxidation sites excluding steroid dienone is 2. The second-order valence-corrected chi connectivity index (χ2v) is 12.2. The first-order valence-corrected chi connectivity index (χ1v) is 16.6. The Hall–Kier alpha value is -4.95. The molecule has 0 aliphatic rings. The van der Waals surface area contributed by atoms with Crippen molar-refractivity contribution in [3.05, 3.63) is 133 Å². The average Bonchev–Trinajstić information content (AvgIpc) is 3.51. The first kappa shape index (κ1) is 35.9. The van der Waals surface area contributed by atoms with Gasteiger partial charge in [0.1, 0.15) is 6.61 Å². The van der Waals surface area contributed by atoms with E-state index in [2.05, 4.69) is 28.8 Å². The largest absolute Gasteiger partial charge is 0.463 e. The van der Waals surface area contributed by atoms with Crippen molar-refractivity contribution in [1.82, 2.24) is 15.6 Å². The smallest absolute Gasteiger partial charge is 0.309 e. The molecule has 0 unspecified atom stereocenters. The molecule has 48 heavy (non-hydrogen) atoms. The van der Waals surface area contributed by atoms with E-state index in [1.807, 2.05) is 91.1 Å². The number of aromatic nitrogens is 1. The maximum absolute atomic E-state index is 13.7. The van der Waals surface area contributed by atoms with Crippen LogP contribution in [0.25, 0.3) is 10.9 Å². The van der Waals surface area contributed by atoms with Gasteiger partial charge in [-0.3, -0.25) is 14.4 Å². The summed E-state index contributed by atoms with van der Waals surface area (Å²) >= 11 is 0. The third kappa shape index (κ3) is 11.1. The number of nitrogens with one attached hydrogen (secondary N) is 3. The highest BCUT2D eigenvalue weighted by Crippen LogP contribution is 2.21. The van der Waals surface area contributed by atoms with E-state index in [9.17, 15) is 19.5 Å². The van der Waals surface area contributed by atoms with Crippen molar-refractivity contribution in [3.63, 3.8) is 0 Å². The van der Waals surface area contributed by atoms with Crippen molar-refractivity contribution >= 4 is 28.7 Å². The van der Waals surface area contributed by atoms with Crippen LogP contribution < -0.4 is 10.6 Å². The number of aliphatic hydroxyl groups is 1. The Morgan fingerprint density at radius 1 is 0.792 bits per heavy atom. The van der Waals surface area contributed by atoms with Crippen LogP contribution in [0.3, 0.4) is 0 Å². The second-order valence-electron chi connectivity index (χ2n) is 12.2. The van der Waals surface area contributed by atoms with Crippen LogP contribution in [0, 0.1) is 11.8 Å². The number of hydrogen-bond acceptors (Lipinski definition) is 5. The van der Waals surface area contributed by atoms with Crippen LogP contribution in [0.2, 0.25) is 0 Å². The number of carbonyl (C=O) groups is 3. The Morgan fingerprint density at radius 3 is 2.12 bits per heavy atom. The number of fused-ring (bicyclic) bond motifs is 1. The van der Waals surface area contributed by atoms with Crippen LogP contribution >= 0.6 is 0 Å². The molecule has 1 heterocycles. The van der Waals surface area contributed by atoms with Gasteiger partial charge in [-0.25, -0.2) is 0 Å². The maximum Gasteiger partial charge on any atom is 0.309 e. The van der Waals surface area contributed by atoms with Crippen molar-refractivity contribution in [2.75, 3.05) is 13.2 Å². The molecule has 0 spiro atoms. The molecule has 3 aromatic carbocycles. The zero-order valence-electron chi connectivity index (χ0n) is 27.5. The van der Waals surface area contributed by atoms with Crippen LogP contribution in [0.1, 0.15) is 42.4 Å². The van der Waals surface area contributed by atoms with Crippen molar-refractivity contribution < 1.29 is 24.2 Å². The van der Waals surface area contributed by atoms with Gasteiger partial charge >= 0.3 is 5.97 Å². The fourth-order valence-corrected chi connectivity index (χ4v) is 5.91. The zero-order valence-corrected chi connectivity index (χ0v) is 27.5. The summed E-state index contributed by atoms with van der Waals surface area (Å²) in [5, 5.41) is 16.9. The third-order valence-electron chi connectivity index (χ3n) is 8.46. The molecule has 0 fully saturated rings. The molecule has 4 N–H and O–H groups in total. The number of esters is 1. The summed E-state index contributed by atoms with van der Waals surface area (Å²) in [4.78, 5) is 43.5. The summed E-state index contributed by atoms with van der Waals surface area (Å²) in [6, 6.07) is 26.3. The molecule has 0 saturated carbocycles. The number of carbonyl (C=O) groups excluding carboxylic acids is 3. The lowest BCUT2D eigenvalue weighted by molar-refractivity contribution is -0.150. The first-order valence-electron chi connectivity index (χ1n) is 16.6. The van der Waals surface area contributed by atoms with Crippen LogP contribution in [0.5, 0.6) is 0 Å². The Labute approximate surface area is 283 Å². The monoisotopic (exact) mass is 649 g/mol. The van der Waals surface area contributed by atoms with Gasteiger partial charge in [0.25, 0.3) is 0 Å². The third-order valence-corrected chi connectivity index (χ3v) is 8.46. The van der Waals surface area contributed by atoms with Gasteiger partial charge in [-0.2, -0.15) is 0 Å². The Kier molecular flexibility index (Phi) is 14.2. The zero-order chi connectivity index (χ0) is 34.1. The number of aromatic amines is 1. The molecule has 8 nitrogen and oxygen atoms in total. The van der Waals surface area contributed by atoms with E-state index in [0.717, 1.165) is 27.6 Å². The minimum Gasteiger partial charge on any atom is -0.463 e. The van der Waals surface area contributed by atoms with Gasteiger partial charge < -0.3 is 25.5 Å². The van der Waals surface area contributed by atoms with Crippen LogP contribution in [-0.4, -0.2) is 53.2 Å². The predicted octanol–water partition coefficient (Wildman–Crippen LogP) is 5.87. The van der Waals surface area contributed by atoms with Crippen molar-refractivity contribution in [1.29, 1.82) is 0 Å². The van der Waals surface area contributed by atoms with Gasteiger partial charge in [0.15, 0.2) is 0 Å². The van der Waals surface area contributed by atoms with Crippen LogP contribution in [0.15, 0.2) is 116 Å². The van der Waals surface area contributed by atoms with E-state index in [0.29, 0.717) is 32.1 Å². The number of para-hydroxylation sites is 1. The fraction of sp³-hybridized carbons (Fsp3) is 0.325. The summed E-state index contributed by atoms with van der Waals surface area (Å²) in [6.45, 7) is 7.36. The fourth-order valence-electron chi connectivity index (χ4n) is 5.91. The number of rotatable bonds is 20. The molecule has 0 saturated heterocycles. The molecular formula is C40H47N3O5. The number of aliphatic hydroxyl groups excluding tert-OH is 1. The van der Waals surface area contributed by atoms with Crippen molar-refractivity contribution in [2.24, 2.45) is 11.8 Å². The molecular weight excluding hydrogens is 602 g/mol. The predicted molar refractivity (Wildman–Crippen MR) is 190 cm³/mol. The Bertz CT molecular complexity index is 1620. The average molecular weight is 650 g/mol. The number of ether oxygens (including phenoxy) is 1. The minimum atomic E-state index is -0.696. The normalized spacial score (nSPS) is 13.5. The molecule has 2 amide bonds. The second kappa shape index (κ2) is 19.0. The highest BCUT2D eigenvalue weighted by atomic mass is 16.5. The van der Waals surface area contributed by atoms with Crippen LogP contribution in [0.4, 0.5) is 0 Å². The molecule has 4 aromatic rings. The molecule has 1 aromatic heterocycles. The molecule has 0 aliphatic carbocycles. The van der Waals surface area contributed by atoms with E-state index in [1.165, 1.54) is 0 Å². The molecule has 252 valence electrons. The Morgan fingerprint density at radius 2 is 1.46 bits per heavy atom. The number of H-pyrrole nitrogens is 1. The van der Waals surface area contributed by atoms with E-state index in [1.54, 1.807) is 12.2 Å². The Balaban J connectivity index is 1.45. The summed E-state index contributed by atoms with van der Waals surface area (Å²) < 4.78 is 5.92. The standard InChI is InChI=1S/C40H47N3O5/c1-3-5-19-32(22-29-15-8-6-9-16-29)40(47)48-28-35(24-33-26-41-37-21-13-12-20-36(33)37)43-39(46)31(14-4-2)25-38(45)42-34(27-44)23-30-17-10-7-11-18-30/h3-4,6-13,15-18,20-21,26,31-32,34-35,41,44H,1-2,5,14,19,22-25,27-28H2,(H,42,45)(H,43,46)/t31-,32-,34+,35+/m1/s1. The van der Waals surface area contributed by atoms with E-state index < -0.39 is 18.0 Å². The van der Waals surface area contributed by atoms with Crippen molar-refractivity contribution in [2.45, 2.75) is 57.0 Å². The molecule has 0 aliphatic heterocycles. The molecule has 8 heteroatoms. The summed E-state index contributed by atoms with van der Waals surface area (Å²) in [6.07, 6.45) is 8.23. The first-order chi connectivity index (χ1) is 23.4. The number of hydrogen-bond donors (Lipinski definition) is 4. The molecule has 4 atom stereocenters. The van der Waals surface area contributed by atoms with Crippen molar-refractivity contribution in [3.8, 4) is 0 Å². The summed E-state index contributed by atoms with van der Waals surface area (Å²) in [5.41, 5.74) is 3.98. The summed E-state index contributed by atoms with van der Waals surface area (Å²) in [7, 11) is 0. The van der Waals surface area contributed by atoms with E-state index in [-0.39, 0.29) is 49.8 Å². The van der Waals surface area contributed by atoms with Gasteiger partial charge in [-0.1, -0.05) is 91.0 Å². The highest BCUT2D eigenvalue weighted by molar-refractivity contribution is 5.87. The lowest BCUT2D eigenvalue weighted by atomic mass is 9.94. The van der Waals surface area contributed by atoms with Crippen LogP contribution in [-0.2, 0) is 38.4 Å². The topological polar surface area (TPSA) is 121 Å². The lowest BCUT2D eigenvalue weighted by Crippen LogP contribution is -2.45. The maximum atomic E-state index is 13.7. The van der Waals surface area contributed by atoms with Gasteiger partial charge in [0.2, 0.25) is 11.8 Å². The lowest BCUT2D eigenvalue weighted by Gasteiger charge is -2.24. The SMILES string of the molecule is C=CCC[C@H](Cc1ccccc1)C(=O)OC[C@H](Cc1c[nH]c2ccccc12)NC(=O)[C@H](CC=C)CC(=O)N[C@H](CO)Cc1ccccc1. The van der Waals surface area contributed by atoms with Gasteiger partial charge in [-0.05, 0) is 61.3 Å². The quantitative estimate of drug-likeness (QED) is 0.0706. The van der Waals surface area contributed by atoms with Gasteiger partial charge in [0, 0.05) is 23.5 Å². The molecule has 0 radical (unpaired) electrons. The van der Waals surface area contributed by atoms with Gasteiger partial charge in [0.05, 0.1) is 30.5 Å². The van der Waals surface area contributed by atoms with E-state index in [4.69, 9.17) is 4.74 Å².